The summed E-state index contributed by atoms with van der Waals surface area (Å²) in [6.45, 7) is 1.54. The van der Waals surface area contributed by atoms with Crippen molar-refractivity contribution in [2.45, 2.75) is 32.4 Å². The average Bonchev–Trinajstić information content (AvgIpc) is 2.83. The molecule has 0 fully saturated rings. The molecule has 0 radical (unpaired) electrons. The Bertz CT molecular complexity index is 596. The van der Waals surface area contributed by atoms with Gasteiger partial charge in [0.25, 0.3) is 0 Å². The van der Waals surface area contributed by atoms with Crippen molar-refractivity contribution in [2.75, 3.05) is 5.32 Å². The quantitative estimate of drug-likeness (QED) is 0.940. The monoisotopic (exact) mass is 280 g/mol. The maximum Gasteiger partial charge on any atom is 0.152 e. The lowest BCUT2D eigenvalue weighted by Crippen LogP contribution is -2.15. The third-order valence-corrected chi connectivity index (χ3v) is 3.60. The maximum atomic E-state index is 13.1. The molecule has 0 amide bonds. The van der Waals surface area contributed by atoms with Crippen molar-refractivity contribution in [3.8, 4) is 0 Å². The lowest BCUT2D eigenvalue weighted by molar-refractivity contribution is 0.510. The second-order valence-electron chi connectivity index (χ2n) is 4.62. The average molecular weight is 281 g/mol. The van der Waals surface area contributed by atoms with Crippen molar-refractivity contribution in [1.82, 2.24) is 14.8 Å². The summed E-state index contributed by atoms with van der Waals surface area (Å²) in [7, 11) is 0. The van der Waals surface area contributed by atoms with Crippen LogP contribution in [0.25, 0.3) is 0 Å². The van der Waals surface area contributed by atoms with E-state index >= 15 is 0 Å². The van der Waals surface area contributed by atoms with Gasteiger partial charge in [0.2, 0.25) is 0 Å². The summed E-state index contributed by atoms with van der Waals surface area (Å²) in [4.78, 5) is 0. The van der Waals surface area contributed by atoms with Crippen LogP contribution in [0.3, 0.4) is 0 Å². The van der Waals surface area contributed by atoms with Crippen molar-refractivity contribution >= 4 is 17.3 Å². The smallest absolute Gasteiger partial charge is 0.152 e. The van der Waals surface area contributed by atoms with Crippen LogP contribution in [0, 0.1) is 5.82 Å². The molecular weight excluding hydrogens is 267 g/mol. The maximum absolute atomic E-state index is 13.1. The number of benzene rings is 1. The fourth-order valence-electron chi connectivity index (χ4n) is 2.29. The molecule has 0 aliphatic carbocycles. The van der Waals surface area contributed by atoms with Crippen molar-refractivity contribution in [1.29, 1.82) is 0 Å². The van der Waals surface area contributed by atoms with Gasteiger partial charge in [0, 0.05) is 18.7 Å². The normalized spacial score (nSPS) is 14.2. The van der Waals surface area contributed by atoms with E-state index in [1.165, 1.54) is 18.9 Å². The van der Waals surface area contributed by atoms with Crippen LogP contribution in [0.1, 0.15) is 24.5 Å². The molecule has 4 nitrogen and oxygen atoms in total. The number of nitrogens with zero attached hydrogens (tertiary/aromatic N) is 3. The minimum atomic E-state index is -0.410. The summed E-state index contributed by atoms with van der Waals surface area (Å²) >= 11 is 5.74. The highest BCUT2D eigenvalue weighted by molar-refractivity contribution is 6.31. The summed E-state index contributed by atoms with van der Waals surface area (Å²) in [6.07, 6.45) is 3.34. The third kappa shape index (κ3) is 2.56. The Morgan fingerprint density at radius 3 is 3.05 bits per heavy atom. The van der Waals surface area contributed by atoms with Crippen molar-refractivity contribution in [3.05, 3.63) is 40.7 Å². The van der Waals surface area contributed by atoms with E-state index in [2.05, 4.69) is 20.1 Å². The zero-order valence-electron chi connectivity index (χ0n) is 10.4. The standard InChI is InChI=1S/C13H14ClFN4/c14-10-7-9(4-5-11(10)15)16-8-13-18-17-12-3-1-2-6-19(12)13/h4-5,7,16H,1-3,6,8H2. The van der Waals surface area contributed by atoms with E-state index in [9.17, 15) is 4.39 Å². The van der Waals surface area contributed by atoms with Gasteiger partial charge >= 0.3 is 0 Å². The zero-order valence-corrected chi connectivity index (χ0v) is 11.1. The van der Waals surface area contributed by atoms with Crippen LogP contribution < -0.4 is 5.32 Å². The summed E-state index contributed by atoms with van der Waals surface area (Å²) in [5.41, 5.74) is 0.777. The van der Waals surface area contributed by atoms with Gasteiger partial charge in [-0.1, -0.05) is 11.6 Å². The van der Waals surface area contributed by atoms with Gasteiger partial charge < -0.3 is 9.88 Å². The van der Waals surface area contributed by atoms with Crippen LogP contribution in [-0.2, 0) is 19.5 Å². The first-order chi connectivity index (χ1) is 9.24. The molecule has 0 bridgehead atoms. The molecule has 2 aromatic rings. The molecule has 1 aromatic carbocycles. The lowest BCUT2D eigenvalue weighted by Gasteiger charge is -2.15. The minimum absolute atomic E-state index is 0.119. The number of rotatable bonds is 3. The topological polar surface area (TPSA) is 42.7 Å². The van der Waals surface area contributed by atoms with Crippen molar-refractivity contribution < 1.29 is 4.39 Å². The molecular formula is C13H14ClFN4. The Morgan fingerprint density at radius 1 is 1.32 bits per heavy atom. The van der Waals surface area contributed by atoms with Crippen LogP contribution in [0.2, 0.25) is 5.02 Å². The molecule has 1 aliphatic heterocycles. The number of anilines is 1. The van der Waals surface area contributed by atoms with Gasteiger partial charge in [-0.2, -0.15) is 0 Å². The van der Waals surface area contributed by atoms with E-state index in [0.717, 1.165) is 30.3 Å². The van der Waals surface area contributed by atoms with Gasteiger partial charge in [-0.05, 0) is 31.0 Å². The number of halogens is 2. The van der Waals surface area contributed by atoms with Gasteiger partial charge in [-0.25, -0.2) is 4.39 Å². The molecule has 2 heterocycles. The molecule has 0 spiro atoms. The Hall–Kier alpha value is -1.62. The van der Waals surface area contributed by atoms with E-state index in [0.29, 0.717) is 6.54 Å². The fourth-order valence-corrected chi connectivity index (χ4v) is 2.47. The molecule has 0 saturated heterocycles. The van der Waals surface area contributed by atoms with E-state index in [1.54, 1.807) is 12.1 Å². The molecule has 0 saturated carbocycles. The third-order valence-electron chi connectivity index (χ3n) is 3.31. The Labute approximate surface area is 115 Å². The van der Waals surface area contributed by atoms with Crippen molar-refractivity contribution in [3.63, 3.8) is 0 Å². The molecule has 1 aliphatic rings. The summed E-state index contributed by atoms with van der Waals surface area (Å²) < 4.78 is 15.2. The van der Waals surface area contributed by atoms with E-state index in [1.807, 2.05) is 0 Å². The van der Waals surface area contributed by atoms with Crippen LogP contribution in [0.4, 0.5) is 10.1 Å². The number of aromatic nitrogens is 3. The molecule has 1 N–H and O–H groups in total. The first-order valence-corrected chi connectivity index (χ1v) is 6.72. The van der Waals surface area contributed by atoms with E-state index in [-0.39, 0.29) is 5.02 Å². The number of nitrogens with one attached hydrogen (secondary N) is 1. The highest BCUT2D eigenvalue weighted by atomic mass is 35.5. The van der Waals surface area contributed by atoms with Crippen LogP contribution in [0.15, 0.2) is 18.2 Å². The fraction of sp³-hybridized carbons (Fsp3) is 0.385. The van der Waals surface area contributed by atoms with Gasteiger partial charge in [0.05, 0.1) is 11.6 Å². The predicted molar refractivity (Wildman–Crippen MR) is 71.7 cm³/mol. The van der Waals surface area contributed by atoms with Crippen LogP contribution in [0.5, 0.6) is 0 Å². The lowest BCUT2D eigenvalue weighted by atomic mass is 10.2. The van der Waals surface area contributed by atoms with E-state index in [4.69, 9.17) is 11.6 Å². The number of aryl methyl sites for hydroxylation is 1. The highest BCUT2D eigenvalue weighted by Gasteiger charge is 2.15. The summed E-state index contributed by atoms with van der Waals surface area (Å²) in [5, 5.41) is 11.7. The van der Waals surface area contributed by atoms with Gasteiger partial charge in [-0.3, -0.25) is 0 Å². The Kier molecular flexibility index (Phi) is 3.38. The minimum Gasteiger partial charge on any atom is -0.378 e. The highest BCUT2D eigenvalue weighted by Crippen LogP contribution is 2.20. The number of hydrogen-bond donors (Lipinski definition) is 1. The van der Waals surface area contributed by atoms with Gasteiger partial charge in [0.15, 0.2) is 5.82 Å². The number of hydrogen-bond acceptors (Lipinski definition) is 3. The van der Waals surface area contributed by atoms with Crippen LogP contribution >= 0.6 is 11.6 Å². The first kappa shape index (κ1) is 12.4. The molecule has 3 rings (SSSR count). The molecule has 6 heteroatoms. The van der Waals surface area contributed by atoms with Gasteiger partial charge in [0.1, 0.15) is 11.6 Å². The second-order valence-corrected chi connectivity index (χ2v) is 5.03. The Morgan fingerprint density at radius 2 is 2.21 bits per heavy atom. The largest absolute Gasteiger partial charge is 0.378 e. The molecule has 100 valence electrons. The number of fused-ring (bicyclic) bond motifs is 1. The second kappa shape index (κ2) is 5.17. The molecule has 19 heavy (non-hydrogen) atoms. The summed E-state index contributed by atoms with van der Waals surface area (Å²) in [5.74, 6) is 1.56. The predicted octanol–water partition coefficient (Wildman–Crippen LogP) is 3.02. The zero-order chi connectivity index (χ0) is 13.2. The molecule has 0 unspecified atom stereocenters. The first-order valence-electron chi connectivity index (χ1n) is 6.34. The Balaban J connectivity index is 1.72. The SMILES string of the molecule is Fc1ccc(NCc2nnc3n2CCCC3)cc1Cl. The van der Waals surface area contributed by atoms with E-state index < -0.39 is 5.82 Å². The van der Waals surface area contributed by atoms with Gasteiger partial charge in [-0.15, -0.1) is 10.2 Å². The molecule has 0 atom stereocenters. The summed E-state index contributed by atoms with van der Waals surface area (Å²) in [6, 6.07) is 4.59. The van der Waals surface area contributed by atoms with Crippen LogP contribution in [-0.4, -0.2) is 14.8 Å². The molecule has 1 aromatic heterocycles. The van der Waals surface area contributed by atoms with Crippen molar-refractivity contribution in [2.24, 2.45) is 0 Å².